The number of hydrogen-bond donors (Lipinski definition) is 2. The number of fused-ring (bicyclic) bond motifs is 1. The zero-order valence-corrected chi connectivity index (χ0v) is 19.6. The van der Waals surface area contributed by atoms with Gasteiger partial charge in [-0.05, 0) is 61.2 Å². The summed E-state index contributed by atoms with van der Waals surface area (Å²) >= 11 is 9.79. The number of unbranched alkanes of at least 4 members (excludes halogenated alkanes) is 1. The van der Waals surface area contributed by atoms with Gasteiger partial charge < -0.3 is 4.98 Å². The van der Waals surface area contributed by atoms with Gasteiger partial charge in [0.1, 0.15) is 0 Å². The first-order chi connectivity index (χ1) is 14.2. The fourth-order valence-electron chi connectivity index (χ4n) is 3.28. The summed E-state index contributed by atoms with van der Waals surface area (Å²) in [6.07, 6.45) is 3.23. The average Bonchev–Trinajstić information content (AvgIpc) is 2.98. The Kier molecular flexibility index (Phi) is 7.06. The molecule has 0 aliphatic carbocycles. The van der Waals surface area contributed by atoms with Crippen LogP contribution in [0.1, 0.15) is 40.0 Å². The summed E-state index contributed by atoms with van der Waals surface area (Å²) in [5, 5.41) is 1.51. The number of sulfonamides is 1. The number of carbonyl (C=O) groups is 1. The molecule has 0 atom stereocenters. The van der Waals surface area contributed by atoms with E-state index in [1.165, 1.54) is 0 Å². The molecule has 0 aliphatic heterocycles. The monoisotopic (exact) mass is 508 g/mol. The lowest BCUT2D eigenvalue weighted by Gasteiger charge is -2.08. The highest BCUT2D eigenvalue weighted by atomic mass is 79.9. The third-order valence-corrected chi connectivity index (χ3v) is 7.00. The molecule has 3 aromatic rings. The van der Waals surface area contributed by atoms with Crippen LogP contribution in [0.5, 0.6) is 0 Å². The van der Waals surface area contributed by atoms with E-state index in [2.05, 4.69) is 32.2 Å². The minimum atomic E-state index is -3.69. The van der Waals surface area contributed by atoms with E-state index in [0.717, 1.165) is 32.2 Å². The molecule has 1 aromatic heterocycles. The molecule has 1 amide bonds. The molecule has 2 aromatic carbocycles. The summed E-state index contributed by atoms with van der Waals surface area (Å²) < 4.78 is 27.3. The second-order valence-electron chi connectivity index (χ2n) is 7.08. The van der Waals surface area contributed by atoms with Crippen LogP contribution in [0.25, 0.3) is 10.9 Å². The Morgan fingerprint density at radius 2 is 2.03 bits per heavy atom. The van der Waals surface area contributed by atoms with Crippen molar-refractivity contribution in [1.29, 1.82) is 0 Å². The summed E-state index contributed by atoms with van der Waals surface area (Å²) in [5.41, 5.74) is 4.11. The number of allylic oxidation sites excluding steroid dienone is 1. The highest BCUT2D eigenvalue weighted by molar-refractivity contribution is 9.10. The van der Waals surface area contributed by atoms with Crippen molar-refractivity contribution in [2.24, 2.45) is 0 Å². The van der Waals surface area contributed by atoms with Crippen LogP contribution in [0.2, 0.25) is 5.02 Å². The van der Waals surface area contributed by atoms with Crippen LogP contribution < -0.4 is 4.72 Å². The van der Waals surface area contributed by atoms with Crippen LogP contribution in [-0.2, 0) is 16.4 Å². The van der Waals surface area contributed by atoms with Gasteiger partial charge in [-0.3, -0.25) is 4.79 Å². The molecule has 0 aliphatic rings. The number of nitrogens with one attached hydrogen (secondary N) is 2. The molecular weight excluding hydrogens is 488 g/mol. The van der Waals surface area contributed by atoms with Gasteiger partial charge in [0.2, 0.25) is 10.0 Å². The lowest BCUT2D eigenvalue weighted by Crippen LogP contribution is -2.32. The Hall–Kier alpha value is -2.09. The molecule has 2 N–H and O–H groups in total. The standard InChI is InChI=1S/C22H22BrClN2O3S/c1-3-4-5-10-30(28,29)26-22(27)16-7-9-21-19(12-16)18(14(2)25-21)11-15-6-8-17(23)13-20(15)24/h3,6-9,12-13,25H,1,4-5,10-11H2,2H3,(H,26,27). The molecule has 30 heavy (non-hydrogen) atoms. The number of aryl methyl sites for hydroxylation is 1. The third-order valence-electron chi connectivity index (χ3n) is 4.83. The molecule has 0 spiro atoms. The van der Waals surface area contributed by atoms with Gasteiger partial charge in [0.25, 0.3) is 5.91 Å². The summed E-state index contributed by atoms with van der Waals surface area (Å²) in [5.74, 6) is -0.759. The van der Waals surface area contributed by atoms with Gasteiger partial charge in [0.05, 0.1) is 5.75 Å². The molecule has 0 bridgehead atoms. The zero-order valence-electron chi connectivity index (χ0n) is 16.5. The SMILES string of the molecule is C=CCCCS(=O)(=O)NC(=O)c1ccc2[nH]c(C)c(Cc3ccc(Br)cc3Cl)c2c1. The fraction of sp³-hybridized carbons (Fsp3) is 0.227. The minimum Gasteiger partial charge on any atom is -0.358 e. The van der Waals surface area contributed by atoms with Crippen molar-refractivity contribution in [3.63, 3.8) is 0 Å². The smallest absolute Gasteiger partial charge is 0.264 e. The predicted molar refractivity (Wildman–Crippen MR) is 126 cm³/mol. The van der Waals surface area contributed by atoms with Crippen molar-refractivity contribution in [1.82, 2.24) is 9.71 Å². The van der Waals surface area contributed by atoms with Crippen LogP contribution in [-0.4, -0.2) is 25.1 Å². The normalized spacial score (nSPS) is 11.6. The average molecular weight is 510 g/mol. The maximum atomic E-state index is 12.6. The molecule has 158 valence electrons. The van der Waals surface area contributed by atoms with Crippen molar-refractivity contribution in [2.45, 2.75) is 26.2 Å². The molecule has 0 unspecified atom stereocenters. The number of hydrogen-bond acceptors (Lipinski definition) is 3. The van der Waals surface area contributed by atoms with E-state index < -0.39 is 15.9 Å². The van der Waals surface area contributed by atoms with Crippen LogP contribution in [0.4, 0.5) is 0 Å². The van der Waals surface area contributed by atoms with E-state index >= 15 is 0 Å². The van der Waals surface area contributed by atoms with Gasteiger partial charge in [-0.1, -0.05) is 39.7 Å². The van der Waals surface area contributed by atoms with Gasteiger partial charge in [-0.2, -0.15) is 0 Å². The van der Waals surface area contributed by atoms with Crippen LogP contribution in [0, 0.1) is 6.92 Å². The van der Waals surface area contributed by atoms with Crippen LogP contribution >= 0.6 is 27.5 Å². The Morgan fingerprint density at radius 3 is 2.73 bits per heavy atom. The molecule has 0 saturated heterocycles. The maximum Gasteiger partial charge on any atom is 0.264 e. The summed E-state index contributed by atoms with van der Waals surface area (Å²) in [7, 11) is -3.69. The fourth-order valence-corrected chi connectivity index (χ4v) is 5.07. The van der Waals surface area contributed by atoms with E-state index in [1.807, 2.05) is 25.1 Å². The number of carbonyl (C=O) groups excluding carboxylic acids is 1. The number of benzene rings is 2. The first-order valence-corrected chi connectivity index (χ1v) is 12.2. The van der Waals surface area contributed by atoms with Crippen molar-refractivity contribution < 1.29 is 13.2 Å². The second kappa shape index (κ2) is 9.37. The molecule has 0 fully saturated rings. The van der Waals surface area contributed by atoms with Crippen molar-refractivity contribution in [3.8, 4) is 0 Å². The number of aromatic amines is 1. The number of H-pyrrole nitrogens is 1. The predicted octanol–water partition coefficient (Wildman–Crippen LogP) is 5.51. The Labute approximate surface area is 189 Å². The quantitative estimate of drug-likeness (QED) is 0.310. The molecule has 5 nitrogen and oxygen atoms in total. The van der Waals surface area contributed by atoms with Crippen molar-refractivity contribution >= 4 is 54.4 Å². The minimum absolute atomic E-state index is 0.121. The van der Waals surface area contributed by atoms with Gasteiger partial charge in [0.15, 0.2) is 0 Å². The number of aromatic nitrogens is 1. The second-order valence-corrected chi connectivity index (χ2v) is 10.2. The number of amides is 1. The topological polar surface area (TPSA) is 79.0 Å². The number of halogens is 2. The molecule has 0 saturated carbocycles. The van der Waals surface area contributed by atoms with E-state index in [4.69, 9.17) is 11.6 Å². The zero-order chi connectivity index (χ0) is 21.9. The first kappa shape index (κ1) is 22.6. The van der Waals surface area contributed by atoms with Gasteiger partial charge in [-0.15, -0.1) is 6.58 Å². The largest absolute Gasteiger partial charge is 0.358 e. The lowest BCUT2D eigenvalue weighted by molar-refractivity contribution is 0.0981. The maximum absolute atomic E-state index is 12.6. The van der Waals surface area contributed by atoms with Gasteiger partial charge in [0, 0.05) is 38.1 Å². The summed E-state index contributed by atoms with van der Waals surface area (Å²) in [4.78, 5) is 15.9. The Balaban J connectivity index is 1.89. The van der Waals surface area contributed by atoms with Crippen LogP contribution in [0.3, 0.4) is 0 Å². The highest BCUT2D eigenvalue weighted by Crippen LogP contribution is 2.29. The summed E-state index contributed by atoms with van der Waals surface area (Å²) in [6, 6.07) is 10.8. The molecule has 1 heterocycles. The Bertz CT molecular complexity index is 1220. The lowest BCUT2D eigenvalue weighted by atomic mass is 10.0. The van der Waals surface area contributed by atoms with E-state index in [1.54, 1.807) is 24.3 Å². The molecular formula is C22H22BrClN2O3S. The van der Waals surface area contributed by atoms with E-state index in [-0.39, 0.29) is 11.3 Å². The van der Waals surface area contributed by atoms with Crippen LogP contribution in [0.15, 0.2) is 53.5 Å². The van der Waals surface area contributed by atoms with Gasteiger partial charge >= 0.3 is 0 Å². The first-order valence-electron chi connectivity index (χ1n) is 9.41. The summed E-state index contributed by atoms with van der Waals surface area (Å²) in [6.45, 7) is 5.54. The molecule has 0 radical (unpaired) electrons. The Morgan fingerprint density at radius 1 is 1.27 bits per heavy atom. The van der Waals surface area contributed by atoms with Gasteiger partial charge in [-0.25, -0.2) is 13.1 Å². The molecule has 8 heteroatoms. The third kappa shape index (κ3) is 5.33. The van der Waals surface area contributed by atoms with E-state index in [9.17, 15) is 13.2 Å². The molecule has 3 rings (SSSR count). The van der Waals surface area contributed by atoms with Crippen molar-refractivity contribution in [3.05, 3.63) is 80.9 Å². The van der Waals surface area contributed by atoms with Crippen molar-refractivity contribution in [2.75, 3.05) is 5.75 Å². The van der Waals surface area contributed by atoms with E-state index in [0.29, 0.717) is 24.3 Å². The number of rotatable bonds is 8. The highest BCUT2D eigenvalue weighted by Gasteiger charge is 2.18.